The lowest BCUT2D eigenvalue weighted by Crippen LogP contribution is -2.63. The number of hydrogen-bond donors (Lipinski definition) is 1. The van der Waals surface area contributed by atoms with Gasteiger partial charge in [0.25, 0.3) is 5.91 Å². The van der Waals surface area contributed by atoms with E-state index in [-0.39, 0.29) is 0 Å². The Hall–Kier alpha value is -2.59. The summed E-state index contributed by atoms with van der Waals surface area (Å²) in [6.07, 6.45) is 0.529. The van der Waals surface area contributed by atoms with Crippen molar-refractivity contribution in [1.29, 1.82) is 0 Å². The fraction of sp³-hybridized carbons (Fsp3) is 0.400. The minimum absolute atomic E-state index is 0.529. The van der Waals surface area contributed by atoms with Crippen LogP contribution >= 0.6 is 0 Å². The zero-order valence-electron chi connectivity index (χ0n) is 7.69. The molecule has 0 aromatic carbocycles. The topological polar surface area (TPSA) is 159 Å². The molecule has 11 nitrogen and oxygen atoms in total. The van der Waals surface area contributed by atoms with Gasteiger partial charge in [0.1, 0.15) is 9.85 Å². The Bertz CT molecular complexity index is 350. The van der Waals surface area contributed by atoms with E-state index in [4.69, 9.17) is 0 Å². The molecule has 0 aromatic rings. The van der Waals surface area contributed by atoms with Crippen LogP contribution in [-0.4, -0.2) is 33.0 Å². The highest BCUT2D eigenvalue weighted by Gasteiger charge is 2.63. The van der Waals surface area contributed by atoms with Crippen molar-refractivity contribution in [3.8, 4) is 0 Å². The fourth-order valence-electron chi connectivity index (χ4n) is 0.741. The first-order valence-corrected chi connectivity index (χ1v) is 3.61. The summed E-state index contributed by atoms with van der Waals surface area (Å²) in [5, 5.41) is 32.3. The van der Waals surface area contributed by atoms with Crippen LogP contribution in [0.5, 0.6) is 0 Å². The maximum atomic E-state index is 10.8. The van der Waals surface area contributed by atoms with Crippen molar-refractivity contribution in [1.82, 2.24) is 5.32 Å². The molecule has 0 saturated heterocycles. The zero-order chi connectivity index (χ0) is 12.9. The molecule has 0 heterocycles. The number of nitrogens with one attached hydrogen (secondary N) is 1. The Morgan fingerprint density at radius 1 is 1.25 bits per heavy atom. The van der Waals surface area contributed by atoms with Gasteiger partial charge in [-0.3, -0.25) is 35.1 Å². The Labute approximate surface area is 87.2 Å². The van der Waals surface area contributed by atoms with Gasteiger partial charge in [0, 0.05) is 4.92 Å². The molecular weight excluding hydrogens is 228 g/mol. The van der Waals surface area contributed by atoms with E-state index in [0.29, 0.717) is 6.08 Å². The standard InChI is InChI=1S/C5H6N4O7/c1-2-4(10)6-5(8(13)14,9(15)16)3-7(11)12/h2H,1,3H2,(H,6,10). The Balaban J connectivity index is 5.34. The first-order chi connectivity index (χ1) is 7.26. The van der Waals surface area contributed by atoms with Gasteiger partial charge in [-0.15, -0.1) is 0 Å². The van der Waals surface area contributed by atoms with E-state index >= 15 is 0 Å². The smallest absolute Gasteiger partial charge is 0.270 e. The van der Waals surface area contributed by atoms with Crippen molar-refractivity contribution >= 4 is 5.91 Å². The van der Waals surface area contributed by atoms with Crippen LogP contribution < -0.4 is 5.32 Å². The first-order valence-electron chi connectivity index (χ1n) is 3.61. The highest BCUT2D eigenvalue weighted by atomic mass is 16.7. The molecule has 0 aliphatic carbocycles. The summed E-state index contributed by atoms with van der Waals surface area (Å²) in [6, 6.07) is 0. The minimum Gasteiger partial charge on any atom is -0.270 e. The summed E-state index contributed by atoms with van der Waals surface area (Å²) in [5.41, 5.74) is 0. The highest BCUT2D eigenvalue weighted by molar-refractivity contribution is 5.87. The van der Waals surface area contributed by atoms with Gasteiger partial charge < -0.3 is 0 Å². The second-order valence-electron chi connectivity index (χ2n) is 2.52. The molecule has 0 spiro atoms. The fourth-order valence-corrected chi connectivity index (χ4v) is 0.741. The van der Waals surface area contributed by atoms with Crippen molar-refractivity contribution in [2.24, 2.45) is 0 Å². The molecule has 1 amide bonds. The van der Waals surface area contributed by atoms with Crippen molar-refractivity contribution in [3.63, 3.8) is 0 Å². The van der Waals surface area contributed by atoms with E-state index in [2.05, 4.69) is 6.58 Å². The summed E-state index contributed by atoms with van der Waals surface area (Å²) in [7, 11) is 0. The molecule has 0 aliphatic rings. The summed E-state index contributed by atoms with van der Waals surface area (Å²) < 4.78 is 0. The van der Waals surface area contributed by atoms with Crippen molar-refractivity contribution in [2.45, 2.75) is 5.79 Å². The maximum Gasteiger partial charge on any atom is 0.608 e. The van der Waals surface area contributed by atoms with Gasteiger partial charge in [0.2, 0.25) is 0 Å². The van der Waals surface area contributed by atoms with E-state index in [1.807, 2.05) is 0 Å². The lowest BCUT2D eigenvalue weighted by atomic mass is 10.3. The Kier molecular flexibility index (Phi) is 4.00. The Morgan fingerprint density at radius 3 is 1.94 bits per heavy atom. The van der Waals surface area contributed by atoms with Gasteiger partial charge in [0.15, 0.2) is 0 Å². The van der Waals surface area contributed by atoms with E-state index in [1.54, 1.807) is 0 Å². The van der Waals surface area contributed by atoms with E-state index in [1.165, 1.54) is 5.32 Å². The number of carbonyl (C=O) groups is 1. The molecule has 11 heteroatoms. The lowest BCUT2D eigenvalue weighted by Gasteiger charge is -2.12. The number of amides is 1. The van der Waals surface area contributed by atoms with Gasteiger partial charge >= 0.3 is 12.3 Å². The predicted octanol–water partition coefficient (Wildman–Crippen LogP) is -1.23. The summed E-state index contributed by atoms with van der Waals surface area (Å²) >= 11 is 0. The third kappa shape index (κ3) is 2.70. The molecule has 0 aromatic heterocycles. The second-order valence-corrected chi connectivity index (χ2v) is 2.52. The maximum absolute atomic E-state index is 10.8. The first kappa shape index (κ1) is 13.4. The molecule has 16 heavy (non-hydrogen) atoms. The van der Waals surface area contributed by atoms with Crippen molar-refractivity contribution in [2.75, 3.05) is 6.54 Å². The molecule has 0 atom stereocenters. The number of hydrogen-bond acceptors (Lipinski definition) is 7. The van der Waals surface area contributed by atoms with E-state index < -0.39 is 33.0 Å². The van der Waals surface area contributed by atoms with Crippen LogP contribution in [0.15, 0.2) is 12.7 Å². The van der Waals surface area contributed by atoms with Crippen LogP contribution in [0.4, 0.5) is 0 Å². The SMILES string of the molecule is C=CC(=O)NC(C[N+](=O)[O-])([N+](=O)[O-])[N+](=O)[O-]. The van der Waals surface area contributed by atoms with Crippen molar-refractivity contribution in [3.05, 3.63) is 43.0 Å². The number of nitrogens with zero attached hydrogens (tertiary/aromatic N) is 3. The average molecular weight is 234 g/mol. The zero-order valence-corrected chi connectivity index (χ0v) is 7.69. The molecule has 0 rings (SSSR count). The number of nitro groups is 3. The van der Waals surface area contributed by atoms with Crippen LogP contribution in [0, 0.1) is 30.3 Å². The van der Waals surface area contributed by atoms with E-state index in [0.717, 1.165) is 0 Å². The average Bonchev–Trinajstić information content (AvgIpc) is 2.14. The predicted molar refractivity (Wildman–Crippen MR) is 46.9 cm³/mol. The monoisotopic (exact) mass is 234 g/mol. The summed E-state index contributed by atoms with van der Waals surface area (Å²) in [5.74, 6) is -4.63. The molecule has 0 unspecified atom stereocenters. The molecule has 0 fully saturated rings. The quantitative estimate of drug-likeness (QED) is 0.260. The lowest BCUT2D eigenvalue weighted by molar-refractivity contribution is -0.825. The normalized spacial score (nSPS) is 10.2. The molecule has 0 bridgehead atoms. The van der Waals surface area contributed by atoms with Crippen LogP contribution in [0.1, 0.15) is 0 Å². The van der Waals surface area contributed by atoms with Gasteiger partial charge in [-0.2, -0.15) is 0 Å². The molecule has 0 saturated carbocycles. The highest BCUT2D eigenvalue weighted by Crippen LogP contribution is 2.07. The van der Waals surface area contributed by atoms with Crippen LogP contribution in [0.3, 0.4) is 0 Å². The summed E-state index contributed by atoms with van der Waals surface area (Å²) in [4.78, 5) is 37.4. The van der Waals surface area contributed by atoms with E-state index in [9.17, 15) is 35.1 Å². The van der Waals surface area contributed by atoms with Crippen LogP contribution in [0.25, 0.3) is 0 Å². The number of carbonyl (C=O) groups excluding carboxylic acids is 1. The van der Waals surface area contributed by atoms with Gasteiger partial charge in [-0.1, -0.05) is 6.58 Å². The van der Waals surface area contributed by atoms with Gasteiger partial charge in [-0.25, -0.2) is 5.32 Å². The Morgan fingerprint density at radius 2 is 1.69 bits per heavy atom. The second kappa shape index (κ2) is 4.77. The van der Waals surface area contributed by atoms with Crippen molar-refractivity contribution < 1.29 is 19.6 Å². The molecule has 1 N–H and O–H groups in total. The summed E-state index contributed by atoms with van der Waals surface area (Å²) in [6.45, 7) is 1.24. The van der Waals surface area contributed by atoms with Crippen LogP contribution in [0.2, 0.25) is 0 Å². The van der Waals surface area contributed by atoms with Gasteiger partial charge in [0.05, 0.1) is 0 Å². The minimum atomic E-state index is -3.38. The molecule has 88 valence electrons. The molecule has 0 aliphatic heterocycles. The molecule has 0 radical (unpaired) electrons. The van der Waals surface area contributed by atoms with Crippen LogP contribution in [-0.2, 0) is 4.79 Å². The largest absolute Gasteiger partial charge is 0.608 e. The van der Waals surface area contributed by atoms with Gasteiger partial charge in [-0.05, 0) is 6.08 Å². The number of rotatable bonds is 6. The third-order valence-electron chi connectivity index (χ3n) is 1.46. The third-order valence-corrected chi connectivity index (χ3v) is 1.46. The molecular formula is C5H6N4O7.